The van der Waals surface area contributed by atoms with Crippen LogP contribution in [0.25, 0.3) is 0 Å². The van der Waals surface area contributed by atoms with Crippen LogP contribution in [0.4, 0.5) is 5.82 Å². The minimum Gasteiger partial charge on any atom is -0.383 e. The van der Waals surface area contributed by atoms with Crippen molar-refractivity contribution in [2.24, 2.45) is 0 Å². The van der Waals surface area contributed by atoms with Crippen LogP contribution < -0.4 is 21.8 Å². The molecule has 4 rings (SSSR count). The Balaban J connectivity index is 1.71. The van der Waals surface area contributed by atoms with Crippen LogP contribution in [0, 0.1) is 0 Å². The predicted octanol–water partition coefficient (Wildman–Crippen LogP) is 2.95. The van der Waals surface area contributed by atoms with Gasteiger partial charge in [-0.25, -0.2) is 4.79 Å². The first kappa shape index (κ1) is 21.8. The second-order valence-corrected chi connectivity index (χ2v) is 13.8. The van der Waals surface area contributed by atoms with Crippen LogP contribution in [0.3, 0.4) is 0 Å². The van der Waals surface area contributed by atoms with Gasteiger partial charge in [0.25, 0.3) is 8.32 Å². The first-order valence-electron chi connectivity index (χ1n) is 10.2. The van der Waals surface area contributed by atoms with Crippen LogP contribution in [-0.4, -0.2) is 29.2 Å². The van der Waals surface area contributed by atoms with Crippen LogP contribution in [-0.2, 0) is 9.16 Å². The van der Waals surface area contributed by atoms with Crippen LogP contribution in [0.2, 0.25) is 5.04 Å². The smallest absolute Gasteiger partial charge is 0.351 e. The maximum atomic E-state index is 12.3. The minimum atomic E-state index is -2.74. The lowest BCUT2D eigenvalue weighted by Crippen LogP contribution is -2.67. The summed E-state index contributed by atoms with van der Waals surface area (Å²) in [6, 6.07) is 22.5. The maximum absolute atomic E-state index is 12.3. The number of aromatic nitrogens is 2. The van der Waals surface area contributed by atoms with Gasteiger partial charge in [-0.3, -0.25) is 4.57 Å². The summed E-state index contributed by atoms with van der Waals surface area (Å²) in [7, 11) is -2.74. The minimum absolute atomic E-state index is 0.155. The van der Waals surface area contributed by atoms with E-state index in [9.17, 15) is 4.79 Å². The van der Waals surface area contributed by atoms with Gasteiger partial charge in [0.2, 0.25) is 5.62 Å². The van der Waals surface area contributed by atoms with E-state index in [-0.39, 0.29) is 10.9 Å². The molecule has 1 aliphatic heterocycles. The lowest BCUT2D eigenvalue weighted by Gasteiger charge is -2.44. The van der Waals surface area contributed by atoms with E-state index in [2.05, 4.69) is 74.3 Å². The van der Waals surface area contributed by atoms with Gasteiger partial charge in [-0.2, -0.15) is 4.98 Å². The SMILES string of the molecule is CC(C)(C)[Si](OC1OC(n2ccc(N)nc2=O)CS1)(c1ccccc1)c1ccccc1. The number of nitrogens with zero attached hydrogens (tertiary/aromatic N) is 2. The van der Waals surface area contributed by atoms with Gasteiger partial charge in [0.1, 0.15) is 5.82 Å². The average Bonchev–Trinajstić information content (AvgIpc) is 3.20. The number of rotatable bonds is 5. The maximum Gasteiger partial charge on any atom is 0.351 e. The molecule has 0 bridgehead atoms. The van der Waals surface area contributed by atoms with Crippen molar-refractivity contribution in [3.8, 4) is 0 Å². The summed E-state index contributed by atoms with van der Waals surface area (Å²) in [4.78, 5) is 16.1. The normalized spacial score (nSPS) is 19.5. The second-order valence-electron chi connectivity index (χ2n) is 8.54. The monoisotopic (exact) mass is 453 g/mol. The molecule has 2 unspecified atom stereocenters. The predicted molar refractivity (Wildman–Crippen MR) is 128 cm³/mol. The molecule has 2 N–H and O–H groups in total. The lowest BCUT2D eigenvalue weighted by molar-refractivity contribution is -0.0749. The van der Waals surface area contributed by atoms with E-state index in [4.69, 9.17) is 14.9 Å². The topological polar surface area (TPSA) is 79.4 Å². The van der Waals surface area contributed by atoms with Crippen LogP contribution in [0.5, 0.6) is 0 Å². The highest BCUT2D eigenvalue weighted by atomic mass is 32.2. The molecule has 1 fully saturated rings. The third kappa shape index (κ3) is 4.21. The average molecular weight is 454 g/mol. The van der Waals surface area contributed by atoms with E-state index in [1.807, 2.05) is 12.1 Å². The zero-order chi connectivity index (χ0) is 22.1. The molecular weight excluding hydrogens is 426 g/mol. The largest absolute Gasteiger partial charge is 0.383 e. The third-order valence-electron chi connectivity index (χ3n) is 5.49. The Morgan fingerprint density at radius 2 is 1.65 bits per heavy atom. The highest BCUT2D eigenvalue weighted by Crippen LogP contribution is 2.41. The Hall–Kier alpha value is -2.39. The van der Waals surface area contributed by atoms with Crippen molar-refractivity contribution in [1.82, 2.24) is 9.55 Å². The van der Waals surface area contributed by atoms with Crippen LogP contribution in [0.1, 0.15) is 27.0 Å². The van der Waals surface area contributed by atoms with Crippen molar-refractivity contribution in [3.05, 3.63) is 83.4 Å². The molecule has 6 nitrogen and oxygen atoms in total. The molecule has 0 spiro atoms. The number of anilines is 1. The number of benzene rings is 2. The summed E-state index contributed by atoms with van der Waals surface area (Å²) in [6.45, 7) is 6.68. The highest BCUT2D eigenvalue weighted by Gasteiger charge is 2.52. The standard InChI is InChI=1S/C23H27N3O3SSi/c1-23(2,3)31(17-10-6-4-7-11-17,18-12-8-5-9-13-18)29-22-28-20(16-30-22)26-15-14-19(24)25-21(26)27/h4-15,20,22H,16H2,1-3H3,(H2,24,25,27). The molecule has 2 aromatic carbocycles. The highest BCUT2D eigenvalue weighted by molar-refractivity contribution is 7.99. The summed E-state index contributed by atoms with van der Waals surface area (Å²) >= 11 is 1.56. The van der Waals surface area contributed by atoms with E-state index in [0.29, 0.717) is 5.75 Å². The number of thioether (sulfide) groups is 1. The Labute approximate surface area is 187 Å². The Morgan fingerprint density at radius 3 is 2.16 bits per heavy atom. The number of nitrogens with two attached hydrogens (primary N) is 1. The molecule has 2 heterocycles. The summed E-state index contributed by atoms with van der Waals surface area (Å²) in [6.07, 6.45) is 1.18. The Kier molecular flexibility index (Phi) is 6.07. The van der Waals surface area contributed by atoms with Gasteiger partial charge in [0.15, 0.2) is 6.23 Å². The molecule has 1 saturated heterocycles. The molecule has 0 aliphatic carbocycles. The van der Waals surface area contributed by atoms with E-state index >= 15 is 0 Å². The van der Waals surface area contributed by atoms with E-state index in [1.165, 1.54) is 14.9 Å². The van der Waals surface area contributed by atoms with E-state index in [1.54, 1.807) is 24.0 Å². The molecule has 1 aromatic heterocycles. The summed E-state index contributed by atoms with van der Waals surface area (Å²) in [5.41, 5.74) is 4.70. The first-order chi connectivity index (χ1) is 14.8. The van der Waals surface area contributed by atoms with Gasteiger partial charge in [-0.05, 0) is 21.5 Å². The zero-order valence-electron chi connectivity index (χ0n) is 17.9. The Morgan fingerprint density at radius 1 is 1.06 bits per heavy atom. The summed E-state index contributed by atoms with van der Waals surface area (Å²) in [5, 5.41) is 2.22. The molecule has 3 aromatic rings. The lowest BCUT2D eigenvalue weighted by atomic mass is 10.2. The number of nitrogen functional groups attached to an aromatic ring is 1. The van der Waals surface area contributed by atoms with Gasteiger partial charge in [-0.1, -0.05) is 93.2 Å². The third-order valence-corrected chi connectivity index (χ3v) is 11.6. The quantitative estimate of drug-likeness (QED) is 0.599. The molecule has 0 amide bonds. The molecule has 1 aliphatic rings. The van der Waals surface area contributed by atoms with Crippen molar-refractivity contribution in [2.45, 2.75) is 37.7 Å². The van der Waals surface area contributed by atoms with Crippen LogP contribution >= 0.6 is 11.8 Å². The zero-order valence-corrected chi connectivity index (χ0v) is 19.7. The van der Waals surface area contributed by atoms with Crippen LogP contribution in [0.15, 0.2) is 77.7 Å². The molecular formula is C23H27N3O3SSi. The fourth-order valence-electron chi connectivity index (χ4n) is 4.06. The van der Waals surface area contributed by atoms with Crippen molar-refractivity contribution >= 4 is 36.3 Å². The van der Waals surface area contributed by atoms with Gasteiger partial charge >= 0.3 is 5.69 Å². The molecule has 0 radical (unpaired) electrons. The van der Waals surface area contributed by atoms with Crippen molar-refractivity contribution in [3.63, 3.8) is 0 Å². The van der Waals surface area contributed by atoms with Crippen molar-refractivity contribution in [1.29, 1.82) is 0 Å². The molecule has 162 valence electrons. The fraction of sp³-hybridized carbons (Fsp3) is 0.304. The molecule has 0 saturated carbocycles. The summed E-state index contributed by atoms with van der Waals surface area (Å²) in [5.74, 6) is 0.793. The molecule has 31 heavy (non-hydrogen) atoms. The van der Waals surface area contributed by atoms with Gasteiger partial charge in [-0.15, -0.1) is 0 Å². The molecule has 2 atom stereocenters. The van der Waals surface area contributed by atoms with E-state index in [0.717, 1.165) is 0 Å². The van der Waals surface area contributed by atoms with Gasteiger partial charge in [0.05, 0.1) is 0 Å². The Bertz CT molecular complexity index is 1050. The first-order valence-corrected chi connectivity index (χ1v) is 13.2. The second kappa shape index (κ2) is 8.62. The van der Waals surface area contributed by atoms with Crippen molar-refractivity contribution < 1.29 is 9.16 Å². The van der Waals surface area contributed by atoms with Crippen molar-refractivity contribution in [2.75, 3.05) is 11.5 Å². The van der Waals surface area contributed by atoms with E-state index < -0.39 is 25.9 Å². The number of hydrogen-bond acceptors (Lipinski definition) is 6. The molecule has 8 heteroatoms. The van der Waals surface area contributed by atoms with Gasteiger partial charge in [0, 0.05) is 11.9 Å². The number of hydrogen-bond donors (Lipinski definition) is 1. The number of ether oxygens (including phenoxy) is 1. The summed E-state index contributed by atoms with van der Waals surface area (Å²) < 4.78 is 14.7. The van der Waals surface area contributed by atoms with Gasteiger partial charge < -0.3 is 14.9 Å². The fourth-order valence-corrected chi connectivity index (χ4v) is 9.89.